The number of para-hydroxylation sites is 1. The lowest BCUT2D eigenvalue weighted by Gasteiger charge is -2.15. The van der Waals surface area contributed by atoms with Crippen molar-refractivity contribution < 1.29 is 9.13 Å². The summed E-state index contributed by atoms with van der Waals surface area (Å²) in [6.07, 6.45) is 3.33. The van der Waals surface area contributed by atoms with E-state index in [0.717, 1.165) is 5.56 Å². The number of pyridine rings is 1. The number of methoxy groups -OCH3 is 1. The molecule has 0 aliphatic rings. The molecule has 0 spiro atoms. The van der Waals surface area contributed by atoms with Gasteiger partial charge >= 0.3 is 0 Å². The summed E-state index contributed by atoms with van der Waals surface area (Å²) in [7, 11) is 1.59. The summed E-state index contributed by atoms with van der Waals surface area (Å²) < 4.78 is 19.4. The fraction of sp³-hybridized carbons (Fsp3) is 0.0909. The standard InChI is InChI=1S/C22H20FN3O/c1-27-22-12-5-3-9-17(22)21(14-19(24)20-11-6-7-13-25-20)26-15-16-8-2-4-10-18(16)23/h2-14,24,26H,15H2,1H3/b21-14-,24-19?. The number of hydrogen-bond acceptors (Lipinski definition) is 4. The molecule has 0 bridgehead atoms. The van der Waals surface area contributed by atoms with Gasteiger partial charge in [-0.05, 0) is 36.4 Å². The van der Waals surface area contributed by atoms with Crippen LogP contribution in [0.25, 0.3) is 5.70 Å². The first-order chi connectivity index (χ1) is 13.2. The van der Waals surface area contributed by atoms with Crippen molar-refractivity contribution in [3.8, 4) is 5.75 Å². The number of nitrogens with zero attached hydrogens (tertiary/aromatic N) is 1. The van der Waals surface area contributed by atoms with Gasteiger partial charge in [-0.2, -0.15) is 0 Å². The molecule has 0 radical (unpaired) electrons. The Morgan fingerprint density at radius 1 is 1.07 bits per heavy atom. The smallest absolute Gasteiger partial charge is 0.128 e. The van der Waals surface area contributed by atoms with E-state index in [9.17, 15) is 4.39 Å². The molecule has 0 unspecified atom stereocenters. The van der Waals surface area contributed by atoms with Crippen molar-refractivity contribution in [1.82, 2.24) is 10.3 Å². The highest BCUT2D eigenvalue weighted by atomic mass is 19.1. The van der Waals surface area contributed by atoms with Crippen molar-refractivity contribution in [2.24, 2.45) is 0 Å². The van der Waals surface area contributed by atoms with Crippen molar-refractivity contribution in [1.29, 1.82) is 5.41 Å². The molecule has 0 fully saturated rings. The maximum Gasteiger partial charge on any atom is 0.128 e. The summed E-state index contributed by atoms with van der Waals surface area (Å²) in [5.41, 5.74) is 2.79. The zero-order valence-corrected chi connectivity index (χ0v) is 14.9. The van der Waals surface area contributed by atoms with Crippen LogP contribution in [0.15, 0.2) is 79.0 Å². The minimum absolute atomic E-state index is 0.248. The third kappa shape index (κ3) is 4.58. The molecule has 136 valence electrons. The Morgan fingerprint density at radius 2 is 1.81 bits per heavy atom. The number of halogens is 1. The first kappa shape index (κ1) is 18.3. The summed E-state index contributed by atoms with van der Waals surface area (Å²) >= 11 is 0. The van der Waals surface area contributed by atoms with Crippen LogP contribution >= 0.6 is 0 Å². The van der Waals surface area contributed by atoms with Crippen molar-refractivity contribution in [2.45, 2.75) is 6.54 Å². The molecule has 5 heteroatoms. The summed E-state index contributed by atoms with van der Waals surface area (Å²) in [5.74, 6) is 0.391. The first-order valence-electron chi connectivity index (χ1n) is 8.51. The van der Waals surface area contributed by atoms with Gasteiger partial charge in [-0.15, -0.1) is 0 Å². The monoisotopic (exact) mass is 361 g/mol. The minimum atomic E-state index is -0.274. The normalized spacial score (nSPS) is 11.1. The van der Waals surface area contributed by atoms with E-state index in [0.29, 0.717) is 22.7 Å². The zero-order valence-electron chi connectivity index (χ0n) is 14.9. The molecule has 0 aliphatic carbocycles. The van der Waals surface area contributed by atoms with Crippen LogP contribution in [-0.4, -0.2) is 17.8 Å². The van der Waals surface area contributed by atoms with Gasteiger partial charge in [0.1, 0.15) is 11.6 Å². The van der Waals surface area contributed by atoms with Crippen LogP contribution in [0.2, 0.25) is 0 Å². The SMILES string of the molecule is COc1ccccc1/C(=C/C(=N)c1ccccn1)NCc1ccccc1F. The molecule has 0 saturated heterocycles. The highest BCUT2D eigenvalue weighted by Gasteiger charge is 2.11. The lowest BCUT2D eigenvalue weighted by atomic mass is 10.1. The Balaban J connectivity index is 1.95. The average molecular weight is 361 g/mol. The molecule has 0 atom stereocenters. The van der Waals surface area contributed by atoms with Gasteiger partial charge in [0.2, 0.25) is 0 Å². The number of ether oxygens (including phenoxy) is 1. The summed E-state index contributed by atoms with van der Waals surface area (Å²) in [5, 5.41) is 11.6. The quantitative estimate of drug-likeness (QED) is 0.612. The van der Waals surface area contributed by atoms with Gasteiger partial charge in [0.05, 0.1) is 18.5 Å². The molecule has 0 amide bonds. The number of rotatable bonds is 7. The van der Waals surface area contributed by atoms with Crippen molar-refractivity contribution in [2.75, 3.05) is 7.11 Å². The van der Waals surface area contributed by atoms with Crippen LogP contribution in [0.5, 0.6) is 5.75 Å². The molecular formula is C22H20FN3O. The predicted octanol–water partition coefficient (Wildman–Crippen LogP) is 4.43. The second-order valence-electron chi connectivity index (χ2n) is 5.83. The van der Waals surface area contributed by atoms with Crippen LogP contribution in [0.1, 0.15) is 16.8 Å². The molecule has 0 saturated carbocycles. The van der Waals surface area contributed by atoms with Gasteiger partial charge in [0.25, 0.3) is 0 Å². The summed E-state index contributed by atoms with van der Waals surface area (Å²) in [4.78, 5) is 4.21. The fourth-order valence-electron chi connectivity index (χ4n) is 2.66. The Labute approximate surface area is 157 Å². The number of hydrogen-bond donors (Lipinski definition) is 2. The second kappa shape index (κ2) is 8.76. The molecule has 4 nitrogen and oxygen atoms in total. The van der Waals surface area contributed by atoms with Crippen molar-refractivity contribution in [3.63, 3.8) is 0 Å². The van der Waals surface area contributed by atoms with Gasteiger partial charge in [0.15, 0.2) is 0 Å². The van der Waals surface area contributed by atoms with E-state index in [4.69, 9.17) is 10.1 Å². The maximum absolute atomic E-state index is 14.0. The number of benzene rings is 2. The molecule has 1 heterocycles. The van der Waals surface area contributed by atoms with Crippen molar-refractivity contribution >= 4 is 11.4 Å². The molecule has 3 aromatic rings. The highest BCUT2D eigenvalue weighted by molar-refractivity contribution is 6.09. The van der Waals surface area contributed by atoms with E-state index < -0.39 is 0 Å². The Hall–Kier alpha value is -3.47. The van der Waals surface area contributed by atoms with E-state index in [1.807, 2.05) is 30.3 Å². The third-order valence-corrected chi connectivity index (χ3v) is 4.05. The Morgan fingerprint density at radius 3 is 2.56 bits per heavy atom. The second-order valence-corrected chi connectivity index (χ2v) is 5.83. The highest BCUT2D eigenvalue weighted by Crippen LogP contribution is 2.25. The number of aromatic nitrogens is 1. The molecular weight excluding hydrogens is 341 g/mol. The first-order valence-corrected chi connectivity index (χ1v) is 8.51. The Bertz CT molecular complexity index is 955. The van der Waals surface area contributed by atoms with Crippen LogP contribution in [0, 0.1) is 11.2 Å². The largest absolute Gasteiger partial charge is 0.496 e. The molecule has 0 aliphatic heterocycles. The fourth-order valence-corrected chi connectivity index (χ4v) is 2.66. The molecule has 1 aromatic heterocycles. The van der Waals surface area contributed by atoms with E-state index in [1.54, 1.807) is 49.7 Å². The topological polar surface area (TPSA) is 58.0 Å². The zero-order chi connectivity index (χ0) is 19.1. The van der Waals surface area contributed by atoms with E-state index >= 15 is 0 Å². The molecule has 2 aromatic carbocycles. The van der Waals surface area contributed by atoms with Gasteiger partial charge in [-0.3, -0.25) is 10.4 Å². The third-order valence-electron chi connectivity index (χ3n) is 4.05. The van der Waals surface area contributed by atoms with E-state index in [2.05, 4.69) is 10.3 Å². The van der Waals surface area contributed by atoms with Crippen LogP contribution in [0.4, 0.5) is 4.39 Å². The number of nitrogens with one attached hydrogen (secondary N) is 2. The predicted molar refractivity (Wildman–Crippen MR) is 105 cm³/mol. The molecule has 3 rings (SSSR count). The van der Waals surface area contributed by atoms with Crippen molar-refractivity contribution in [3.05, 3.63) is 102 Å². The Kier molecular flexibility index (Phi) is 5.94. The minimum Gasteiger partial charge on any atom is -0.496 e. The van der Waals surface area contributed by atoms with Gasteiger partial charge < -0.3 is 10.1 Å². The van der Waals surface area contributed by atoms with Gasteiger partial charge in [0, 0.05) is 29.6 Å². The summed E-state index contributed by atoms with van der Waals surface area (Å²) in [6.45, 7) is 0.284. The molecule has 27 heavy (non-hydrogen) atoms. The van der Waals surface area contributed by atoms with E-state index in [1.165, 1.54) is 6.07 Å². The summed E-state index contributed by atoms with van der Waals surface area (Å²) in [6, 6.07) is 19.5. The van der Waals surface area contributed by atoms with Gasteiger partial charge in [-0.25, -0.2) is 4.39 Å². The average Bonchev–Trinajstić information content (AvgIpc) is 2.72. The van der Waals surface area contributed by atoms with Crippen LogP contribution in [-0.2, 0) is 6.54 Å². The van der Waals surface area contributed by atoms with Gasteiger partial charge in [-0.1, -0.05) is 36.4 Å². The maximum atomic E-state index is 14.0. The van der Waals surface area contributed by atoms with E-state index in [-0.39, 0.29) is 18.1 Å². The van der Waals surface area contributed by atoms with Crippen LogP contribution in [0.3, 0.4) is 0 Å². The lowest BCUT2D eigenvalue weighted by Crippen LogP contribution is -2.15. The van der Waals surface area contributed by atoms with Crippen LogP contribution < -0.4 is 10.1 Å². The lowest BCUT2D eigenvalue weighted by molar-refractivity contribution is 0.413. The molecule has 2 N–H and O–H groups in total. The number of allylic oxidation sites excluding steroid dienone is 1.